The van der Waals surface area contributed by atoms with Crippen molar-refractivity contribution in [3.63, 3.8) is 0 Å². The SMILES string of the molecule is C#CCCC(CC)CCCCCCCCCCCCCCCCC(CC)CCCC. The number of hydrogen-bond acceptors (Lipinski definition) is 0. The minimum atomic E-state index is 0.875. The Morgan fingerprint density at radius 1 is 0.467 bits per heavy atom. The Morgan fingerprint density at radius 2 is 0.800 bits per heavy atom. The smallest absolute Gasteiger partial charge is 0.00886 e. The van der Waals surface area contributed by atoms with Crippen molar-refractivity contribution in [3.8, 4) is 12.3 Å². The van der Waals surface area contributed by atoms with Crippen molar-refractivity contribution in [2.45, 2.75) is 168 Å². The minimum Gasteiger partial charge on any atom is -0.120 e. The van der Waals surface area contributed by atoms with Crippen molar-refractivity contribution in [1.29, 1.82) is 0 Å². The molecule has 0 heteroatoms. The molecule has 178 valence electrons. The van der Waals surface area contributed by atoms with E-state index >= 15 is 0 Å². The maximum Gasteiger partial charge on any atom is 0.00886 e. The van der Waals surface area contributed by atoms with Gasteiger partial charge >= 0.3 is 0 Å². The van der Waals surface area contributed by atoms with Gasteiger partial charge in [0.25, 0.3) is 0 Å². The highest BCUT2D eigenvalue weighted by atomic mass is 14.1. The van der Waals surface area contributed by atoms with Gasteiger partial charge in [0.15, 0.2) is 0 Å². The third-order valence-electron chi connectivity index (χ3n) is 7.29. The van der Waals surface area contributed by atoms with Gasteiger partial charge in [0.1, 0.15) is 0 Å². The molecule has 0 aliphatic heterocycles. The van der Waals surface area contributed by atoms with Crippen LogP contribution in [0.15, 0.2) is 0 Å². The summed E-state index contributed by atoms with van der Waals surface area (Å²) in [6.07, 6.45) is 38.0. The standard InChI is InChI=1S/C30H58/c1-5-9-25-29(7-3)27-23-21-19-17-15-13-11-12-14-16-18-20-22-24-28-30(8-4)26-10-6-2/h1,29-30H,6-28H2,2-4H3. The summed E-state index contributed by atoms with van der Waals surface area (Å²) in [6.45, 7) is 7.02. The van der Waals surface area contributed by atoms with E-state index in [4.69, 9.17) is 6.42 Å². The fourth-order valence-electron chi connectivity index (χ4n) is 4.87. The van der Waals surface area contributed by atoms with E-state index < -0.39 is 0 Å². The zero-order chi connectivity index (χ0) is 22.1. The predicted octanol–water partition coefficient (Wildman–Crippen LogP) is 10.9. The third-order valence-corrected chi connectivity index (χ3v) is 7.29. The zero-order valence-corrected chi connectivity index (χ0v) is 21.5. The quantitative estimate of drug-likeness (QED) is 0.108. The van der Waals surface area contributed by atoms with Crippen LogP contribution >= 0.6 is 0 Å². The lowest BCUT2D eigenvalue weighted by molar-refractivity contribution is 0.399. The lowest BCUT2D eigenvalue weighted by atomic mass is 9.93. The van der Waals surface area contributed by atoms with Crippen LogP contribution in [0.3, 0.4) is 0 Å². The van der Waals surface area contributed by atoms with Crippen molar-refractivity contribution in [2.75, 3.05) is 0 Å². The van der Waals surface area contributed by atoms with Gasteiger partial charge in [-0.25, -0.2) is 0 Å². The maximum absolute atomic E-state index is 5.39. The first-order valence-electron chi connectivity index (χ1n) is 14.2. The second-order valence-corrected chi connectivity index (χ2v) is 9.96. The lowest BCUT2D eigenvalue weighted by Crippen LogP contribution is -1.98. The Labute approximate surface area is 192 Å². The van der Waals surface area contributed by atoms with Crippen LogP contribution in [0.25, 0.3) is 0 Å². The molecule has 0 heterocycles. The first-order valence-corrected chi connectivity index (χ1v) is 14.2. The first-order chi connectivity index (χ1) is 14.8. The van der Waals surface area contributed by atoms with Crippen LogP contribution < -0.4 is 0 Å². The lowest BCUT2D eigenvalue weighted by Gasteiger charge is -2.13. The third kappa shape index (κ3) is 20.8. The van der Waals surface area contributed by atoms with E-state index in [1.54, 1.807) is 0 Å². The van der Waals surface area contributed by atoms with Gasteiger partial charge in [0.2, 0.25) is 0 Å². The summed E-state index contributed by atoms with van der Waals surface area (Å²) in [5, 5.41) is 0. The summed E-state index contributed by atoms with van der Waals surface area (Å²) in [4.78, 5) is 0. The minimum absolute atomic E-state index is 0.875. The molecular weight excluding hydrogens is 360 g/mol. The Balaban J connectivity index is 3.23. The van der Waals surface area contributed by atoms with Crippen LogP contribution in [0.1, 0.15) is 168 Å². The van der Waals surface area contributed by atoms with Crippen LogP contribution in [0.2, 0.25) is 0 Å². The summed E-state index contributed by atoms with van der Waals surface area (Å²) in [5.41, 5.74) is 0. The molecule has 0 aromatic carbocycles. The molecule has 0 aromatic heterocycles. The molecule has 0 rings (SSSR count). The van der Waals surface area contributed by atoms with E-state index in [-0.39, 0.29) is 0 Å². The molecule has 0 spiro atoms. The topological polar surface area (TPSA) is 0 Å². The van der Waals surface area contributed by atoms with Crippen molar-refractivity contribution in [3.05, 3.63) is 0 Å². The summed E-state index contributed by atoms with van der Waals surface area (Å²) in [6, 6.07) is 0. The van der Waals surface area contributed by atoms with E-state index in [9.17, 15) is 0 Å². The zero-order valence-electron chi connectivity index (χ0n) is 21.5. The van der Waals surface area contributed by atoms with E-state index in [1.165, 1.54) is 141 Å². The Hall–Kier alpha value is -0.440. The van der Waals surface area contributed by atoms with Crippen LogP contribution in [-0.2, 0) is 0 Å². The molecule has 0 saturated heterocycles. The fraction of sp³-hybridized carbons (Fsp3) is 0.933. The van der Waals surface area contributed by atoms with Gasteiger partial charge in [-0.15, -0.1) is 12.3 Å². The molecule has 0 aromatic rings. The summed E-state index contributed by atoms with van der Waals surface area (Å²) in [7, 11) is 0. The van der Waals surface area contributed by atoms with E-state index in [0.717, 1.165) is 18.3 Å². The fourth-order valence-corrected chi connectivity index (χ4v) is 4.87. The number of terminal acetylenes is 1. The van der Waals surface area contributed by atoms with E-state index in [1.807, 2.05) is 0 Å². The number of unbranched alkanes of at least 4 members (excludes halogenated alkanes) is 14. The molecular formula is C30H58. The summed E-state index contributed by atoms with van der Waals surface area (Å²) < 4.78 is 0. The average molecular weight is 419 g/mol. The van der Waals surface area contributed by atoms with Gasteiger partial charge in [-0.05, 0) is 18.3 Å². The predicted molar refractivity (Wildman–Crippen MR) is 139 cm³/mol. The molecule has 30 heavy (non-hydrogen) atoms. The molecule has 0 N–H and O–H groups in total. The Bertz CT molecular complexity index is 350. The van der Waals surface area contributed by atoms with Gasteiger partial charge in [0, 0.05) is 6.42 Å². The monoisotopic (exact) mass is 418 g/mol. The molecule has 0 radical (unpaired) electrons. The highest BCUT2D eigenvalue weighted by Gasteiger charge is 2.06. The van der Waals surface area contributed by atoms with Crippen molar-refractivity contribution in [1.82, 2.24) is 0 Å². The van der Waals surface area contributed by atoms with Gasteiger partial charge in [0.05, 0.1) is 0 Å². The van der Waals surface area contributed by atoms with Crippen molar-refractivity contribution >= 4 is 0 Å². The molecule has 2 atom stereocenters. The Morgan fingerprint density at radius 3 is 1.13 bits per heavy atom. The van der Waals surface area contributed by atoms with E-state index in [0.29, 0.717) is 0 Å². The molecule has 2 unspecified atom stereocenters. The molecule has 0 fully saturated rings. The molecule has 0 aliphatic rings. The highest BCUT2D eigenvalue weighted by molar-refractivity contribution is 4.84. The van der Waals surface area contributed by atoms with Crippen molar-refractivity contribution < 1.29 is 0 Å². The average Bonchev–Trinajstić information content (AvgIpc) is 2.77. The number of hydrogen-bond donors (Lipinski definition) is 0. The summed E-state index contributed by atoms with van der Waals surface area (Å²) in [5.74, 6) is 4.68. The van der Waals surface area contributed by atoms with Crippen LogP contribution in [0, 0.1) is 24.2 Å². The Kier molecular flexibility index (Phi) is 24.5. The normalized spacial score (nSPS) is 13.3. The molecule has 0 bridgehead atoms. The summed E-state index contributed by atoms with van der Waals surface area (Å²) >= 11 is 0. The largest absolute Gasteiger partial charge is 0.120 e. The molecule has 0 nitrogen and oxygen atoms in total. The molecule has 0 amide bonds. The van der Waals surface area contributed by atoms with Crippen LogP contribution in [0.4, 0.5) is 0 Å². The maximum atomic E-state index is 5.39. The van der Waals surface area contributed by atoms with Crippen molar-refractivity contribution in [2.24, 2.45) is 11.8 Å². The molecule has 0 aliphatic carbocycles. The van der Waals surface area contributed by atoms with E-state index in [2.05, 4.69) is 26.7 Å². The molecule has 0 saturated carbocycles. The number of rotatable bonds is 24. The second kappa shape index (κ2) is 24.8. The van der Waals surface area contributed by atoms with Gasteiger partial charge < -0.3 is 0 Å². The second-order valence-electron chi connectivity index (χ2n) is 9.96. The van der Waals surface area contributed by atoms with Gasteiger partial charge in [-0.3, -0.25) is 0 Å². The highest BCUT2D eigenvalue weighted by Crippen LogP contribution is 2.21. The van der Waals surface area contributed by atoms with Crippen LogP contribution in [-0.4, -0.2) is 0 Å². The first kappa shape index (κ1) is 29.6. The van der Waals surface area contributed by atoms with Gasteiger partial charge in [-0.2, -0.15) is 0 Å². The van der Waals surface area contributed by atoms with Gasteiger partial charge in [-0.1, -0.05) is 156 Å². The van der Waals surface area contributed by atoms with Crippen LogP contribution in [0.5, 0.6) is 0 Å².